The third-order valence-corrected chi connectivity index (χ3v) is 5.50. The number of rotatable bonds is 10. The summed E-state index contributed by atoms with van der Waals surface area (Å²) in [6.07, 6.45) is 2.56. The molecule has 1 saturated heterocycles. The normalized spacial score (nSPS) is 19.6. The van der Waals surface area contributed by atoms with E-state index in [1.54, 1.807) is 18.9 Å². The molecular weight excluding hydrogens is 364 g/mol. The Labute approximate surface area is 165 Å². The fourth-order valence-corrected chi connectivity index (χ4v) is 3.88. The van der Waals surface area contributed by atoms with Gasteiger partial charge in [0.1, 0.15) is 0 Å². The topological polar surface area (TPSA) is 75.7 Å². The molecule has 1 atom stereocenters. The van der Waals surface area contributed by atoms with Crippen molar-refractivity contribution in [3.8, 4) is 0 Å². The summed E-state index contributed by atoms with van der Waals surface area (Å²) in [5.41, 5.74) is 0.547. The van der Waals surface area contributed by atoms with Crippen LogP contribution in [0.4, 0.5) is 0 Å². The first-order valence-corrected chi connectivity index (χ1v) is 10.5. The Hall–Kier alpha value is -1.86. The van der Waals surface area contributed by atoms with E-state index in [0.29, 0.717) is 26.1 Å². The van der Waals surface area contributed by atoms with Crippen LogP contribution in [0, 0.1) is 6.92 Å². The SMILES string of the molecule is COCCCN1C(=O)CC(CC(=O)NCCSC)(c2ccccc2C)C1=O. The van der Waals surface area contributed by atoms with Gasteiger partial charge in [-0.1, -0.05) is 24.3 Å². The first-order chi connectivity index (χ1) is 13.0. The number of methoxy groups -OCH3 is 1. The van der Waals surface area contributed by atoms with E-state index in [1.165, 1.54) is 4.90 Å². The van der Waals surface area contributed by atoms with Crippen LogP contribution in [0.5, 0.6) is 0 Å². The Balaban J connectivity index is 2.31. The van der Waals surface area contributed by atoms with Crippen molar-refractivity contribution in [1.82, 2.24) is 10.2 Å². The second kappa shape index (κ2) is 9.90. The molecule has 0 aliphatic carbocycles. The van der Waals surface area contributed by atoms with Gasteiger partial charge in [0, 0.05) is 45.4 Å². The summed E-state index contributed by atoms with van der Waals surface area (Å²) in [5.74, 6) is 0.0976. The lowest BCUT2D eigenvalue weighted by Gasteiger charge is -2.28. The molecule has 1 aromatic rings. The Morgan fingerprint density at radius 2 is 2.07 bits per heavy atom. The molecule has 1 heterocycles. The molecule has 1 unspecified atom stereocenters. The van der Waals surface area contributed by atoms with Crippen molar-refractivity contribution in [3.63, 3.8) is 0 Å². The summed E-state index contributed by atoms with van der Waals surface area (Å²) in [6.45, 7) is 3.24. The van der Waals surface area contributed by atoms with Gasteiger partial charge in [0.05, 0.1) is 5.41 Å². The lowest BCUT2D eigenvalue weighted by Crippen LogP contribution is -2.43. The Bertz CT molecular complexity index is 694. The summed E-state index contributed by atoms with van der Waals surface area (Å²) < 4.78 is 5.03. The number of hydrogen-bond donors (Lipinski definition) is 1. The van der Waals surface area contributed by atoms with Crippen LogP contribution < -0.4 is 5.32 Å². The maximum absolute atomic E-state index is 13.3. The summed E-state index contributed by atoms with van der Waals surface area (Å²) in [7, 11) is 1.59. The molecule has 1 fully saturated rings. The van der Waals surface area contributed by atoms with E-state index in [4.69, 9.17) is 4.74 Å². The van der Waals surface area contributed by atoms with Crippen LogP contribution >= 0.6 is 11.8 Å². The number of benzene rings is 1. The van der Waals surface area contributed by atoms with E-state index < -0.39 is 5.41 Å². The van der Waals surface area contributed by atoms with Gasteiger partial charge in [-0.15, -0.1) is 0 Å². The minimum Gasteiger partial charge on any atom is -0.385 e. The monoisotopic (exact) mass is 392 g/mol. The van der Waals surface area contributed by atoms with Crippen molar-refractivity contribution in [2.24, 2.45) is 0 Å². The Morgan fingerprint density at radius 3 is 2.74 bits per heavy atom. The third kappa shape index (κ3) is 4.90. The number of aryl methyl sites for hydroxylation is 1. The average Bonchev–Trinajstić information content (AvgIpc) is 2.87. The molecule has 0 radical (unpaired) electrons. The highest BCUT2D eigenvalue weighted by Gasteiger charge is 2.53. The van der Waals surface area contributed by atoms with Gasteiger partial charge in [-0.3, -0.25) is 19.3 Å². The van der Waals surface area contributed by atoms with E-state index in [0.717, 1.165) is 16.9 Å². The van der Waals surface area contributed by atoms with Gasteiger partial charge in [-0.05, 0) is 30.7 Å². The standard InChI is InChI=1S/C20H28N2O4S/c1-15-7-4-5-8-16(15)20(13-17(23)21-9-12-27-3)14-18(24)22(19(20)25)10-6-11-26-2/h4-5,7-8H,6,9-14H2,1-3H3,(H,21,23). The number of carbonyl (C=O) groups excluding carboxylic acids is 3. The van der Waals surface area contributed by atoms with E-state index >= 15 is 0 Å². The second-order valence-corrected chi connectivity index (χ2v) is 7.78. The molecule has 1 N–H and O–H groups in total. The zero-order chi connectivity index (χ0) is 19.9. The maximum atomic E-state index is 13.3. The number of amides is 3. The predicted octanol–water partition coefficient (Wildman–Crippen LogP) is 1.90. The largest absolute Gasteiger partial charge is 0.385 e. The van der Waals surface area contributed by atoms with Gasteiger partial charge in [0.15, 0.2) is 0 Å². The molecule has 1 aromatic carbocycles. The summed E-state index contributed by atoms with van der Waals surface area (Å²) in [5, 5.41) is 2.87. The van der Waals surface area contributed by atoms with Gasteiger partial charge in [0.25, 0.3) is 0 Å². The molecule has 0 aromatic heterocycles. The molecule has 0 saturated carbocycles. The van der Waals surface area contributed by atoms with Gasteiger partial charge in [0.2, 0.25) is 17.7 Å². The summed E-state index contributed by atoms with van der Waals surface area (Å²) >= 11 is 1.64. The van der Waals surface area contributed by atoms with E-state index in [9.17, 15) is 14.4 Å². The quantitative estimate of drug-likeness (QED) is 0.486. The van der Waals surface area contributed by atoms with E-state index in [1.807, 2.05) is 37.4 Å². The lowest BCUT2D eigenvalue weighted by atomic mass is 9.74. The minimum absolute atomic E-state index is 0.0163. The number of carbonyl (C=O) groups is 3. The number of ether oxygens (including phenoxy) is 1. The zero-order valence-corrected chi connectivity index (χ0v) is 17.1. The predicted molar refractivity (Wildman–Crippen MR) is 107 cm³/mol. The molecule has 6 nitrogen and oxygen atoms in total. The highest BCUT2D eigenvalue weighted by Crippen LogP contribution is 2.41. The van der Waals surface area contributed by atoms with Crippen molar-refractivity contribution < 1.29 is 19.1 Å². The average molecular weight is 393 g/mol. The van der Waals surface area contributed by atoms with Crippen molar-refractivity contribution in [2.45, 2.75) is 31.6 Å². The van der Waals surface area contributed by atoms with Crippen LogP contribution in [0.2, 0.25) is 0 Å². The second-order valence-electron chi connectivity index (χ2n) is 6.79. The van der Waals surface area contributed by atoms with Crippen LogP contribution in [0.25, 0.3) is 0 Å². The molecular formula is C20H28N2O4S. The molecule has 148 valence electrons. The van der Waals surface area contributed by atoms with Crippen LogP contribution in [0.3, 0.4) is 0 Å². The Morgan fingerprint density at radius 1 is 1.33 bits per heavy atom. The summed E-state index contributed by atoms with van der Waals surface area (Å²) in [6, 6.07) is 7.51. The molecule has 2 rings (SSSR count). The highest BCUT2D eigenvalue weighted by molar-refractivity contribution is 7.98. The van der Waals surface area contributed by atoms with Crippen LogP contribution in [0.15, 0.2) is 24.3 Å². The van der Waals surface area contributed by atoms with Gasteiger partial charge in [-0.25, -0.2) is 0 Å². The van der Waals surface area contributed by atoms with Crippen molar-refractivity contribution in [3.05, 3.63) is 35.4 Å². The first kappa shape index (κ1) is 21.4. The Kier molecular flexibility index (Phi) is 7.86. The third-order valence-electron chi connectivity index (χ3n) is 4.89. The maximum Gasteiger partial charge on any atom is 0.240 e. The molecule has 27 heavy (non-hydrogen) atoms. The fourth-order valence-electron chi connectivity index (χ4n) is 3.58. The summed E-state index contributed by atoms with van der Waals surface area (Å²) in [4.78, 5) is 39.8. The number of imide groups is 1. The van der Waals surface area contributed by atoms with Crippen LogP contribution in [0.1, 0.15) is 30.4 Å². The zero-order valence-electron chi connectivity index (χ0n) is 16.2. The first-order valence-electron chi connectivity index (χ1n) is 9.11. The minimum atomic E-state index is -1.13. The van der Waals surface area contributed by atoms with Crippen molar-refractivity contribution >= 4 is 29.5 Å². The van der Waals surface area contributed by atoms with Crippen molar-refractivity contribution in [2.75, 3.05) is 38.8 Å². The number of likely N-dealkylation sites (tertiary alicyclic amines) is 1. The number of nitrogens with one attached hydrogen (secondary N) is 1. The van der Waals surface area contributed by atoms with E-state index in [-0.39, 0.29) is 30.6 Å². The highest BCUT2D eigenvalue weighted by atomic mass is 32.2. The molecule has 0 spiro atoms. The number of thioether (sulfide) groups is 1. The molecule has 0 bridgehead atoms. The number of nitrogens with zero attached hydrogens (tertiary/aromatic N) is 1. The van der Waals surface area contributed by atoms with Gasteiger partial charge in [-0.2, -0.15) is 11.8 Å². The van der Waals surface area contributed by atoms with Gasteiger partial charge >= 0.3 is 0 Å². The molecule has 1 aliphatic heterocycles. The molecule has 1 aliphatic rings. The van der Waals surface area contributed by atoms with E-state index in [2.05, 4.69) is 5.32 Å². The lowest BCUT2D eigenvalue weighted by molar-refractivity contribution is -0.141. The van der Waals surface area contributed by atoms with Crippen molar-refractivity contribution in [1.29, 1.82) is 0 Å². The smallest absolute Gasteiger partial charge is 0.240 e. The fraction of sp³-hybridized carbons (Fsp3) is 0.550. The molecule has 7 heteroatoms. The number of hydrogen-bond acceptors (Lipinski definition) is 5. The van der Waals surface area contributed by atoms with Gasteiger partial charge < -0.3 is 10.1 Å². The molecule has 3 amide bonds. The van der Waals surface area contributed by atoms with Crippen LogP contribution in [-0.4, -0.2) is 61.4 Å². The van der Waals surface area contributed by atoms with Crippen LogP contribution in [-0.2, 0) is 24.5 Å².